The fourth-order valence-electron chi connectivity index (χ4n) is 5.28. The molecule has 2 amide bonds. The molecule has 1 aliphatic rings. The van der Waals surface area contributed by atoms with Gasteiger partial charge in [-0.15, -0.1) is 0 Å². The molecule has 0 saturated heterocycles. The van der Waals surface area contributed by atoms with Crippen molar-refractivity contribution in [2.24, 2.45) is 0 Å². The predicted molar refractivity (Wildman–Crippen MR) is 171 cm³/mol. The number of hydrogen-bond acceptors (Lipinski definition) is 6. The van der Waals surface area contributed by atoms with Gasteiger partial charge in [0.1, 0.15) is 24.2 Å². The Morgan fingerprint density at radius 3 is 2.64 bits per heavy atom. The minimum Gasteiger partial charge on any atom is -0.617 e. The molecule has 3 aromatic carbocycles. The van der Waals surface area contributed by atoms with Gasteiger partial charge >= 0.3 is 12.1 Å². The molecule has 3 aromatic rings. The summed E-state index contributed by atoms with van der Waals surface area (Å²) in [6, 6.07) is 18.4. The molecule has 0 spiro atoms. The molecule has 1 aliphatic heterocycles. The number of carbonyl (C=O) groups excluding carboxylic acids is 2. The highest BCUT2D eigenvalue weighted by atomic mass is 32.2. The number of aliphatic carboxylic acids is 1. The second kappa shape index (κ2) is 15.6. The van der Waals surface area contributed by atoms with Gasteiger partial charge < -0.3 is 29.3 Å². The summed E-state index contributed by atoms with van der Waals surface area (Å²) >= 11 is -1.17. The first-order valence-corrected chi connectivity index (χ1v) is 16.5. The predicted octanol–water partition coefficient (Wildman–Crippen LogP) is 5.56. The van der Waals surface area contributed by atoms with E-state index < -0.39 is 29.3 Å². The van der Waals surface area contributed by atoms with Gasteiger partial charge in [-0.25, -0.2) is 9.59 Å². The number of aryl methyl sites for hydroxylation is 1. The fourth-order valence-corrected chi connectivity index (χ4v) is 5.85. The van der Waals surface area contributed by atoms with E-state index in [0.717, 1.165) is 52.1 Å². The number of anilines is 1. The molecular weight excluding hydrogens is 580 g/mol. The second-order valence-corrected chi connectivity index (χ2v) is 12.5. The van der Waals surface area contributed by atoms with Crippen molar-refractivity contribution >= 4 is 34.8 Å². The molecule has 1 heterocycles. The van der Waals surface area contributed by atoms with Crippen LogP contribution >= 0.6 is 0 Å². The lowest BCUT2D eigenvalue weighted by atomic mass is 9.91. The highest BCUT2D eigenvalue weighted by Gasteiger charge is 2.25. The second-order valence-electron chi connectivity index (χ2n) is 11.0. The van der Waals surface area contributed by atoms with Crippen LogP contribution in [0.15, 0.2) is 60.7 Å². The minimum absolute atomic E-state index is 0.0442. The number of hydrogen-bond donors (Lipinski definition) is 2. The largest absolute Gasteiger partial charge is 0.617 e. The molecule has 9 nitrogen and oxygen atoms in total. The van der Waals surface area contributed by atoms with Crippen molar-refractivity contribution in [2.45, 2.75) is 58.6 Å². The van der Waals surface area contributed by atoms with Gasteiger partial charge in [0.15, 0.2) is 0 Å². The molecule has 4 rings (SSSR count). The molecule has 2 atom stereocenters. The number of carbonyl (C=O) groups is 3. The van der Waals surface area contributed by atoms with Gasteiger partial charge in [-0.1, -0.05) is 53.6 Å². The number of carboxylic acid groups (broad SMARTS) is 1. The standard InChI is InChI=1S/C34H40N2O7S/c1-23-9-4-15-31(24(23)2)42-19-8-16-32(37)36-18-7-13-28-27(12-6-14-30(28)36)26-11-5-10-25(21-26)22-43-34(40)35-29(33(38)39)17-20-44(3)41/h4-6,9-12,14-15,21,29H,7-8,13,16-20,22H2,1-3H3,(H,35,40)(H,38,39). The number of rotatable bonds is 13. The Hall–Kier alpha value is -4.02. The van der Waals surface area contributed by atoms with E-state index in [1.807, 2.05) is 66.4 Å². The van der Waals surface area contributed by atoms with Crippen LogP contribution in [0.2, 0.25) is 0 Å². The van der Waals surface area contributed by atoms with Crippen LogP contribution in [0.4, 0.5) is 10.5 Å². The number of carboxylic acids is 1. The molecule has 0 fully saturated rings. The first-order valence-electron chi connectivity index (χ1n) is 14.8. The normalized spacial score (nSPS) is 13.9. The van der Waals surface area contributed by atoms with Gasteiger partial charge in [0, 0.05) is 25.1 Å². The van der Waals surface area contributed by atoms with Crippen LogP contribution in [0.5, 0.6) is 5.75 Å². The highest BCUT2D eigenvalue weighted by Crippen LogP contribution is 2.36. The third-order valence-corrected chi connectivity index (χ3v) is 8.60. The number of ether oxygens (including phenoxy) is 2. The summed E-state index contributed by atoms with van der Waals surface area (Å²) in [5.41, 5.74) is 7.01. The third kappa shape index (κ3) is 8.76. The minimum atomic E-state index is -1.21. The molecule has 0 bridgehead atoms. The Labute approximate surface area is 261 Å². The summed E-state index contributed by atoms with van der Waals surface area (Å²) < 4.78 is 22.6. The lowest BCUT2D eigenvalue weighted by Gasteiger charge is -2.31. The van der Waals surface area contributed by atoms with Crippen LogP contribution in [-0.4, -0.2) is 58.8 Å². The van der Waals surface area contributed by atoms with Gasteiger partial charge in [-0.3, -0.25) is 4.79 Å². The first-order chi connectivity index (χ1) is 21.1. The molecule has 0 aliphatic carbocycles. The number of fused-ring (bicyclic) bond motifs is 1. The van der Waals surface area contributed by atoms with Crippen molar-refractivity contribution in [3.05, 3.63) is 82.9 Å². The quantitative estimate of drug-likeness (QED) is 0.189. The fraction of sp³-hybridized carbons (Fsp3) is 0.382. The maximum atomic E-state index is 13.3. The zero-order chi connectivity index (χ0) is 31.6. The monoisotopic (exact) mass is 620 g/mol. The molecule has 0 saturated carbocycles. The van der Waals surface area contributed by atoms with Crippen LogP contribution in [-0.2, 0) is 38.5 Å². The van der Waals surface area contributed by atoms with Crippen molar-refractivity contribution in [1.29, 1.82) is 0 Å². The topological polar surface area (TPSA) is 128 Å². The Kier molecular flexibility index (Phi) is 11.7. The van der Waals surface area contributed by atoms with E-state index in [2.05, 4.69) is 18.3 Å². The summed E-state index contributed by atoms with van der Waals surface area (Å²) in [6.45, 7) is 5.18. The number of nitrogens with zero attached hydrogens (tertiary/aromatic N) is 1. The van der Waals surface area contributed by atoms with Crippen LogP contribution in [0.1, 0.15) is 47.9 Å². The lowest BCUT2D eigenvalue weighted by Crippen LogP contribution is -2.42. The summed E-state index contributed by atoms with van der Waals surface area (Å²) in [6.07, 6.45) is 3.38. The van der Waals surface area contributed by atoms with Crippen molar-refractivity contribution in [1.82, 2.24) is 5.32 Å². The van der Waals surface area contributed by atoms with E-state index >= 15 is 0 Å². The maximum Gasteiger partial charge on any atom is 0.408 e. The molecule has 44 heavy (non-hydrogen) atoms. The first kappa shape index (κ1) is 32.9. The van der Waals surface area contributed by atoms with Gasteiger partial charge in [-0.2, -0.15) is 0 Å². The van der Waals surface area contributed by atoms with E-state index in [9.17, 15) is 24.0 Å². The summed E-state index contributed by atoms with van der Waals surface area (Å²) in [4.78, 5) is 38.9. The van der Waals surface area contributed by atoms with E-state index in [1.54, 1.807) is 0 Å². The number of nitrogens with one attached hydrogen (secondary N) is 1. The average Bonchev–Trinajstić information content (AvgIpc) is 3.01. The van der Waals surface area contributed by atoms with Crippen molar-refractivity contribution < 1.29 is 33.5 Å². The van der Waals surface area contributed by atoms with Gasteiger partial charge in [0.05, 0.1) is 12.9 Å². The lowest BCUT2D eigenvalue weighted by molar-refractivity contribution is -0.139. The van der Waals surface area contributed by atoms with E-state index in [-0.39, 0.29) is 24.7 Å². The summed E-state index contributed by atoms with van der Waals surface area (Å²) in [5, 5.41) is 11.7. The van der Waals surface area contributed by atoms with Crippen molar-refractivity contribution in [3.8, 4) is 16.9 Å². The Bertz CT molecular complexity index is 1480. The number of amides is 2. The molecule has 2 N–H and O–H groups in total. The van der Waals surface area contributed by atoms with Gasteiger partial charge in [-0.05, 0) is 84.7 Å². The molecular formula is C34H40N2O7S. The Morgan fingerprint density at radius 2 is 1.86 bits per heavy atom. The Balaban J connectivity index is 1.38. The van der Waals surface area contributed by atoms with Crippen LogP contribution in [0.25, 0.3) is 11.1 Å². The molecule has 2 unspecified atom stereocenters. The highest BCUT2D eigenvalue weighted by molar-refractivity contribution is 7.90. The smallest absolute Gasteiger partial charge is 0.408 e. The summed E-state index contributed by atoms with van der Waals surface area (Å²) in [5.74, 6) is -0.118. The van der Waals surface area contributed by atoms with E-state index in [4.69, 9.17) is 9.47 Å². The zero-order valence-electron chi connectivity index (χ0n) is 25.5. The Morgan fingerprint density at radius 1 is 1.09 bits per heavy atom. The van der Waals surface area contributed by atoms with Crippen LogP contribution < -0.4 is 15.0 Å². The maximum absolute atomic E-state index is 13.3. The SMILES string of the molecule is Cc1cccc(OCCCC(=O)N2CCCc3c(-c4cccc(COC(=O)NC(CC[S+](C)[O-])C(=O)O)c4)cccc32)c1C. The van der Waals surface area contributed by atoms with E-state index in [1.165, 1.54) is 11.8 Å². The zero-order valence-corrected chi connectivity index (χ0v) is 26.3. The molecule has 0 radical (unpaired) electrons. The van der Waals surface area contributed by atoms with Crippen molar-refractivity contribution in [2.75, 3.05) is 30.1 Å². The van der Waals surface area contributed by atoms with E-state index in [0.29, 0.717) is 26.0 Å². The van der Waals surface area contributed by atoms with Crippen LogP contribution in [0.3, 0.4) is 0 Å². The molecule has 0 aromatic heterocycles. The molecule has 10 heteroatoms. The molecule has 234 valence electrons. The van der Waals surface area contributed by atoms with Gasteiger partial charge in [0.2, 0.25) is 5.91 Å². The average molecular weight is 621 g/mol. The number of benzene rings is 3. The van der Waals surface area contributed by atoms with Crippen LogP contribution in [0, 0.1) is 13.8 Å². The summed E-state index contributed by atoms with van der Waals surface area (Å²) in [7, 11) is 0. The third-order valence-electron chi connectivity index (χ3n) is 7.79. The number of alkyl carbamates (subject to hydrolysis) is 1. The van der Waals surface area contributed by atoms with Gasteiger partial charge in [0.25, 0.3) is 0 Å². The van der Waals surface area contributed by atoms with Crippen molar-refractivity contribution in [3.63, 3.8) is 0 Å².